The van der Waals surface area contributed by atoms with E-state index in [0.29, 0.717) is 10.0 Å². The maximum absolute atomic E-state index is 12.5. The van der Waals surface area contributed by atoms with E-state index in [4.69, 9.17) is 27.9 Å². The molecule has 0 unspecified atom stereocenters. The number of rotatable bonds is 7. The van der Waals surface area contributed by atoms with E-state index in [1.165, 1.54) is 0 Å². The van der Waals surface area contributed by atoms with Crippen molar-refractivity contribution in [2.24, 2.45) is 5.92 Å². The molecule has 4 nitrogen and oxygen atoms in total. The smallest absolute Gasteiger partial charge is 0.314 e. The van der Waals surface area contributed by atoms with Crippen molar-refractivity contribution in [2.75, 3.05) is 6.61 Å². The third-order valence-corrected chi connectivity index (χ3v) is 4.84. The van der Waals surface area contributed by atoms with Crippen LogP contribution in [0.3, 0.4) is 0 Å². The average Bonchev–Trinajstić information content (AvgIpc) is 2.62. The van der Waals surface area contributed by atoms with Crippen molar-refractivity contribution in [2.45, 2.75) is 32.7 Å². The minimum atomic E-state index is -0.462. The van der Waals surface area contributed by atoms with E-state index in [-0.39, 0.29) is 24.5 Å². The predicted molar refractivity (Wildman–Crippen MR) is 108 cm³/mol. The van der Waals surface area contributed by atoms with Gasteiger partial charge in [-0.05, 0) is 42.2 Å². The highest BCUT2D eigenvalue weighted by molar-refractivity contribution is 6.31. The van der Waals surface area contributed by atoms with Gasteiger partial charge in [-0.15, -0.1) is 0 Å². The Kier molecular flexibility index (Phi) is 7.69. The van der Waals surface area contributed by atoms with E-state index < -0.39 is 11.9 Å². The Balaban J connectivity index is 1.95. The molecule has 0 saturated carbocycles. The Hall–Kier alpha value is -2.04. The number of carbonyl (C=O) groups excluding carboxylic acids is 2. The van der Waals surface area contributed by atoms with Gasteiger partial charge in [0, 0.05) is 10.0 Å². The number of hydrogen-bond donors (Lipinski definition) is 1. The number of ether oxygens (including phenoxy) is 1. The van der Waals surface area contributed by atoms with Crippen LogP contribution in [0.5, 0.6) is 0 Å². The topological polar surface area (TPSA) is 55.4 Å². The van der Waals surface area contributed by atoms with Gasteiger partial charge in [0.25, 0.3) is 5.91 Å². The zero-order valence-electron chi connectivity index (χ0n) is 15.5. The Morgan fingerprint density at radius 1 is 1.00 bits per heavy atom. The predicted octanol–water partition coefficient (Wildman–Crippen LogP) is 5.15. The third-order valence-electron chi connectivity index (χ3n) is 4.24. The fourth-order valence-corrected chi connectivity index (χ4v) is 3.30. The van der Waals surface area contributed by atoms with E-state index in [9.17, 15) is 9.59 Å². The molecule has 0 aromatic heterocycles. The third kappa shape index (κ3) is 5.98. The quantitative estimate of drug-likeness (QED) is 0.645. The van der Waals surface area contributed by atoms with Crippen LogP contribution >= 0.6 is 23.2 Å². The van der Waals surface area contributed by atoms with Crippen LogP contribution in [0.4, 0.5) is 0 Å². The van der Waals surface area contributed by atoms with Crippen LogP contribution in [0.25, 0.3) is 0 Å². The maximum Gasteiger partial charge on any atom is 0.314 e. The summed E-state index contributed by atoms with van der Waals surface area (Å²) >= 11 is 12.0. The minimum absolute atomic E-state index is 0.0174. The number of nitrogens with one attached hydrogen (secondary N) is 1. The van der Waals surface area contributed by atoms with Crippen molar-refractivity contribution in [1.29, 1.82) is 0 Å². The van der Waals surface area contributed by atoms with Crippen molar-refractivity contribution in [3.05, 3.63) is 69.7 Å². The van der Waals surface area contributed by atoms with Gasteiger partial charge in [0.1, 0.15) is 0 Å². The van der Waals surface area contributed by atoms with Crippen molar-refractivity contribution in [3.63, 3.8) is 0 Å². The summed E-state index contributed by atoms with van der Waals surface area (Å²) in [6, 6.07) is 14.1. The Morgan fingerprint density at radius 2 is 1.63 bits per heavy atom. The summed E-state index contributed by atoms with van der Waals surface area (Å²) in [7, 11) is 0. The molecule has 0 fully saturated rings. The zero-order valence-corrected chi connectivity index (χ0v) is 17.1. The van der Waals surface area contributed by atoms with Crippen LogP contribution in [0.15, 0.2) is 48.5 Å². The second kappa shape index (κ2) is 9.77. The monoisotopic (exact) mass is 407 g/mol. The van der Waals surface area contributed by atoms with E-state index in [2.05, 4.69) is 5.32 Å². The van der Waals surface area contributed by atoms with E-state index in [1.807, 2.05) is 39.0 Å². The number of carbonyl (C=O) groups is 2. The molecule has 2 rings (SSSR count). The number of halogens is 2. The van der Waals surface area contributed by atoms with Gasteiger partial charge in [-0.3, -0.25) is 9.59 Å². The molecule has 2 aromatic carbocycles. The molecule has 2 aromatic rings. The normalized spacial score (nSPS) is 13.1. The summed E-state index contributed by atoms with van der Waals surface area (Å²) in [5.41, 5.74) is 1.62. The Morgan fingerprint density at radius 3 is 2.22 bits per heavy atom. The number of hydrogen-bond acceptors (Lipinski definition) is 3. The van der Waals surface area contributed by atoms with Crippen LogP contribution < -0.4 is 5.32 Å². The molecule has 0 saturated heterocycles. The van der Waals surface area contributed by atoms with Crippen LogP contribution in [0.1, 0.15) is 43.9 Å². The van der Waals surface area contributed by atoms with Gasteiger partial charge in [-0.1, -0.05) is 67.4 Å². The molecular formula is C21H23Cl2NO3. The minimum Gasteiger partial charge on any atom is -0.455 e. The first-order valence-corrected chi connectivity index (χ1v) is 9.51. The molecule has 27 heavy (non-hydrogen) atoms. The van der Waals surface area contributed by atoms with Gasteiger partial charge in [0.05, 0.1) is 12.0 Å². The highest BCUT2D eigenvalue weighted by atomic mass is 35.5. The highest BCUT2D eigenvalue weighted by Crippen LogP contribution is 2.27. The molecule has 144 valence electrons. The van der Waals surface area contributed by atoms with Gasteiger partial charge in [0.15, 0.2) is 6.61 Å². The lowest BCUT2D eigenvalue weighted by molar-refractivity contribution is -0.151. The summed E-state index contributed by atoms with van der Waals surface area (Å²) in [5.74, 6) is -1.26. The number of benzene rings is 2. The van der Waals surface area contributed by atoms with E-state index >= 15 is 0 Å². The molecule has 0 aliphatic heterocycles. The number of amides is 1. The Bertz CT molecular complexity index is 790. The van der Waals surface area contributed by atoms with Gasteiger partial charge >= 0.3 is 5.97 Å². The molecule has 1 N–H and O–H groups in total. The highest BCUT2D eigenvalue weighted by Gasteiger charge is 2.26. The molecule has 6 heteroatoms. The first-order valence-electron chi connectivity index (χ1n) is 8.75. The van der Waals surface area contributed by atoms with Crippen LogP contribution in [0.2, 0.25) is 10.0 Å². The first kappa shape index (κ1) is 21.3. The fraction of sp³-hybridized carbons (Fsp3) is 0.333. The molecule has 0 bridgehead atoms. The summed E-state index contributed by atoms with van der Waals surface area (Å²) in [6.07, 6.45) is 0. The lowest BCUT2D eigenvalue weighted by atomic mass is 9.88. The van der Waals surface area contributed by atoms with Gasteiger partial charge in [-0.25, -0.2) is 0 Å². The van der Waals surface area contributed by atoms with Crippen molar-refractivity contribution in [3.8, 4) is 0 Å². The van der Waals surface area contributed by atoms with Crippen LogP contribution in [0, 0.1) is 5.92 Å². The van der Waals surface area contributed by atoms with Crippen LogP contribution in [-0.4, -0.2) is 18.5 Å². The standard InChI is InChI=1S/C21H23Cl2NO3/c1-13(2)20(15-8-10-16(22)11-9-15)21(26)27-12-19(25)24-14(3)17-6-4-5-7-18(17)23/h4-11,13-14,20H,12H2,1-3H3,(H,24,25)/t14-,20+/m0/s1. The maximum atomic E-state index is 12.5. The number of esters is 1. The summed E-state index contributed by atoms with van der Waals surface area (Å²) in [5, 5.41) is 3.96. The molecule has 0 aliphatic carbocycles. The van der Waals surface area contributed by atoms with E-state index in [1.54, 1.807) is 30.3 Å². The second-order valence-electron chi connectivity index (χ2n) is 6.69. The lowest BCUT2D eigenvalue weighted by Crippen LogP contribution is -2.32. The summed E-state index contributed by atoms with van der Waals surface area (Å²) in [4.78, 5) is 24.7. The fourth-order valence-electron chi connectivity index (χ4n) is 2.88. The van der Waals surface area contributed by atoms with Gasteiger partial charge in [-0.2, -0.15) is 0 Å². The average molecular weight is 408 g/mol. The first-order chi connectivity index (χ1) is 12.8. The lowest BCUT2D eigenvalue weighted by Gasteiger charge is -2.20. The molecule has 1 amide bonds. The van der Waals surface area contributed by atoms with E-state index in [0.717, 1.165) is 11.1 Å². The molecule has 0 aliphatic rings. The zero-order chi connectivity index (χ0) is 20.0. The molecule has 0 spiro atoms. The second-order valence-corrected chi connectivity index (χ2v) is 7.54. The van der Waals surface area contributed by atoms with Crippen molar-refractivity contribution >= 4 is 35.1 Å². The Labute approximate surface area is 169 Å². The summed E-state index contributed by atoms with van der Waals surface area (Å²) < 4.78 is 5.26. The van der Waals surface area contributed by atoms with Crippen molar-refractivity contribution < 1.29 is 14.3 Å². The largest absolute Gasteiger partial charge is 0.455 e. The molecular weight excluding hydrogens is 385 g/mol. The van der Waals surface area contributed by atoms with Crippen molar-refractivity contribution in [1.82, 2.24) is 5.32 Å². The molecule has 0 radical (unpaired) electrons. The molecule has 0 heterocycles. The van der Waals surface area contributed by atoms with Crippen LogP contribution in [-0.2, 0) is 14.3 Å². The SMILES string of the molecule is CC(C)[C@@H](C(=O)OCC(=O)N[C@@H](C)c1ccccc1Cl)c1ccc(Cl)cc1. The van der Waals surface area contributed by atoms with Gasteiger partial charge in [0.2, 0.25) is 0 Å². The molecule has 2 atom stereocenters. The summed E-state index contributed by atoms with van der Waals surface area (Å²) in [6.45, 7) is 5.34. The van der Waals surface area contributed by atoms with Gasteiger partial charge < -0.3 is 10.1 Å².